The van der Waals surface area contributed by atoms with Crippen LogP contribution in [0.25, 0.3) is 0 Å². The maximum Gasteiger partial charge on any atom is 0.242 e. The average Bonchev–Trinajstić information content (AvgIpc) is 2.89. The summed E-state index contributed by atoms with van der Waals surface area (Å²) in [7, 11) is -2.18. The van der Waals surface area contributed by atoms with Crippen molar-refractivity contribution < 1.29 is 22.4 Å². The van der Waals surface area contributed by atoms with Crippen LogP contribution in [0.4, 0.5) is 10.1 Å². The van der Waals surface area contributed by atoms with Gasteiger partial charge in [0.1, 0.15) is 11.9 Å². The average molecular weight is 595 g/mol. The van der Waals surface area contributed by atoms with Crippen LogP contribution < -0.4 is 9.62 Å². The molecule has 0 unspecified atom stereocenters. The van der Waals surface area contributed by atoms with Crippen molar-refractivity contribution in [2.24, 2.45) is 0 Å². The lowest BCUT2D eigenvalue weighted by Gasteiger charge is -2.32. The fraction of sp³-hybridized carbons (Fsp3) is 0.286. The van der Waals surface area contributed by atoms with Crippen molar-refractivity contribution in [2.45, 2.75) is 31.8 Å². The number of hydrogen-bond acceptors (Lipinski definition) is 4. The van der Waals surface area contributed by atoms with Crippen LogP contribution in [0.5, 0.6) is 0 Å². The molecule has 0 aliphatic heterocycles. The van der Waals surface area contributed by atoms with E-state index in [1.807, 2.05) is 30.3 Å². The number of halogens is 3. The van der Waals surface area contributed by atoms with Crippen LogP contribution in [0.3, 0.4) is 0 Å². The van der Waals surface area contributed by atoms with Crippen LogP contribution in [-0.2, 0) is 32.6 Å². The van der Waals surface area contributed by atoms with E-state index in [9.17, 15) is 22.4 Å². The number of likely N-dealkylation sites (N-methyl/N-ethyl adjacent to an activating group) is 1. The minimum absolute atomic E-state index is 0.00489. The summed E-state index contributed by atoms with van der Waals surface area (Å²) in [5.74, 6) is -1.18. The summed E-state index contributed by atoms with van der Waals surface area (Å²) in [5.41, 5.74) is 1.77. The van der Waals surface area contributed by atoms with Gasteiger partial charge in [-0.15, -0.1) is 0 Å². The van der Waals surface area contributed by atoms with Crippen LogP contribution in [0.15, 0.2) is 72.8 Å². The van der Waals surface area contributed by atoms with Gasteiger partial charge in [0.15, 0.2) is 0 Å². The molecule has 0 aromatic heterocycles. The maximum atomic E-state index is 13.6. The number of carbonyl (C=O) groups is 2. The van der Waals surface area contributed by atoms with E-state index >= 15 is 0 Å². The molecule has 7 nitrogen and oxygen atoms in total. The smallest absolute Gasteiger partial charge is 0.242 e. The zero-order chi connectivity index (χ0) is 28.6. The van der Waals surface area contributed by atoms with Crippen molar-refractivity contribution in [3.8, 4) is 0 Å². The second-order valence-electron chi connectivity index (χ2n) is 8.99. The van der Waals surface area contributed by atoms with E-state index in [1.165, 1.54) is 36.2 Å². The number of nitrogens with zero attached hydrogens (tertiary/aromatic N) is 2. The molecule has 3 aromatic carbocycles. The Bertz CT molecular complexity index is 1390. The van der Waals surface area contributed by atoms with Crippen LogP contribution >= 0.6 is 23.2 Å². The van der Waals surface area contributed by atoms with E-state index in [2.05, 4.69) is 5.32 Å². The largest absolute Gasteiger partial charge is 0.357 e. The highest BCUT2D eigenvalue weighted by atomic mass is 35.5. The van der Waals surface area contributed by atoms with Gasteiger partial charge in [0.05, 0.1) is 11.9 Å². The molecule has 0 aliphatic carbocycles. The van der Waals surface area contributed by atoms with Crippen molar-refractivity contribution in [2.75, 3.05) is 24.2 Å². The number of carbonyl (C=O) groups excluding carboxylic acids is 2. The van der Waals surface area contributed by atoms with Gasteiger partial charge in [-0.3, -0.25) is 13.9 Å². The molecule has 3 rings (SSSR count). The van der Waals surface area contributed by atoms with Crippen molar-refractivity contribution in [1.82, 2.24) is 10.2 Å². The molecule has 11 heteroatoms. The number of rotatable bonds is 12. The Kier molecular flexibility index (Phi) is 10.7. The van der Waals surface area contributed by atoms with Gasteiger partial charge < -0.3 is 10.2 Å². The molecule has 208 valence electrons. The number of anilines is 1. The summed E-state index contributed by atoms with van der Waals surface area (Å²) in [6.07, 6.45) is 1.44. The third-order valence-electron chi connectivity index (χ3n) is 6.14. The highest BCUT2D eigenvalue weighted by Gasteiger charge is 2.30. The minimum atomic E-state index is -3.69. The Labute approximate surface area is 238 Å². The fourth-order valence-corrected chi connectivity index (χ4v) is 5.60. The number of sulfonamides is 1. The quantitative estimate of drug-likeness (QED) is 0.318. The van der Waals surface area contributed by atoms with E-state index in [4.69, 9.17) is 23.2 Å². The van der Waals surface area contributed by atoms with E-state index in [0.29, 0.717) is 21.3 Å². The molecule has 0 aliphatic rings. The number of benzene rings is 3. The molecule has 0 heterocycles. The van der Waals surface area contributed by atoms with Gasteiger partial charge in [-0.2, -0.15) is 0 Å². The first-order chi connectivity index (χ1) is 18.5. The molecule has 0 radical (unpaired) electrons. The van der Waals surface area contributed by atoms with Crippen LogP contribution in [0.1, 0.15) is 24.0 Å². The third-order valence-corrected chi connectivity index (χ3v) is 7.92. The molecular formula is C28H30Cl2FN3O4S. The van der Waals surface area contributed by atoms with Gasteiger partial charge in [0.2, 0.25) is 21.8 Å². The van der Waals surface area contributed by atoms with E-state index < -0.39 is 21.9 Å². The first-order valence-electron chi connectivity index (χ1n) is 12.2. The summed E-state index contributed by atoms with van der Waals surface area (Å²) in [6.45, 7) is 0.0442. The fourth-order valence-electron chi connectivity index (χ4n) is 4.17. The van der Waals surface area contributed by atoms with Crippen LogP contribution in [0.2, 0.25) is 10.0 Å². The third kappa shape index (κ3) is 8.68. The zero-order valence-corrected chi connectivity index (χ0v) is 23.9. The van der Waals surface area contributed by atoms with Gasteiger partial charge in [0, 0.05) is 43.0 Å². The predicted octanol–water partition coefficient (Wildman–Crippen LogP) is 5.06. The molecule has 0 spiro atoms. The molecule has 1 atom stereocenters. The lowest BCUT2D eigenvalue weighted by Crippen LogP contribution is -2.49. The van der Waals surface area contributed by atoms with Crippen molar-refractivity contribution in [3.05, 3.63) is 99.8 Å². The van der Waals surface area contributed by atoms with Gasteiger partial charge in [-0.1, -0.05) is 59.6 Å². The van der Waals surface area contributed by atoms with E-state index in [0.717, 1.165) is 16.1 Å². The Morgan fingerprint density at radius 1 is 1.00 bits per heavy atom. The Morgan fingerprint density at radius 3 is 2.26 bits per heavy atom. The molecule has 1 N–H and O–H groups in total. The number of nitrogens with one attached hydrogen (secondary N) is 1. The lowest BCUT2D eigenvalue weighted by atomic mass is 10.0. The Hall–Kier alpha value is -3.14. The molecule has 0 bridgehead atoms. The predicted molar refractivity (Wildman–Crippen MR) is 153 cm³/mol. The van der Waals surface area contributed by atoms with Crippen molar-refractivity contribution in [1.29, 1.82) is 0 Å². The second kappa shape index (κ2) is 13.8. The van der Waals surface area contributed by atoms with Crippen LogP contribution in [0, 0.1) is 5.82 Å². The summed E-state index contributed by atoms with van der Waals surface area (Å²) in [5, 5.41) is 3.44. The monoisotopic (exact) mass is 593 g/mol. The maximum absolute atomic E-state index is 13.6. The molecule has 2 amide bonds. The Morgan fingerprint density at radius 2 is 1.67 bits per heavy atom. The van der Waals surface area contributed by atoms with Crippen LogP contribution in [-0.4, -0.2) is 51.0 Å². The summed E-state index contributed by atoms with van der Waals surface area (Å²) >= 11 is 12.5. The van der Waals surface area contributed by atoms with Gasteiger partial charge in [0.25, 0.3) is 0 Å². The second-order valence-corrected chi connectivity index (χ2v) is 11.7. The van der Waals surface area contributed by atoms with Gasteiger partial charge in [-0.05, 0) is 53.9 Å². The normalized spacial score (nSPS) is 12.0. The Balaban J connectivity index is 1.86. The highest BCUT2D eigenvalue weighted by Crippen LogP contribution is 2.25. The highest BCUT2D eigenvalue weighted by molar-refractivity contribution is 7.92. The SMILES string of the molecule is CNC(=O)[C@H](Cc1ccccc1)N(Cc1ccc(Cl)cc1Cl)C(=O)CCCN(c1ccc(F)cc1)S(C)(=O)=O. The molecule has 39 heavy (non-hydrogen) atoms. The minimum Gasteiger partial charge on any atom is -0.357 e. The van der Waals surface area contributed by atoms with Gasteiger partial charge in [-0.25, -0.2) is 12.8 Å². The van der Waals surface area contributed by atoms with Crippen molar-refractivity contribution in [3.63, 3.8) is 0 Å². The summed E-state index contributed by atoms with van der Waals surface area (Å²) < 4.78 is 39.4. The van der Waals surface area contributed by atoms with Gasteiger partial charge >= 0.3 is 0 Å². The molecule has 0 saturated carbocycles. The lowest BCUT2D eigenvalue weighted by molar-refractivity contribution is -0.141. The standard InChI is InChI=1S/C28H30Cl2FN3O4S/c1-32-28(36)26(17-20-7-4-3-5-8-20)33(19-21-10-11-22(29)18-25(21)30)27(35)9-6-16-34(39(2,37)38)24-14-12-23(31)13-15-24/h3-5,7-8,10-15,18,26H,6,9,16-17,19H2,1-2H3,(H,32,36)/t26-/m0/s1. The first-order valence-corrected chi connectivity index (χ1v) is 14.8. The molecule has 3 aromatic rings. The van der Waals surface area contributed by atoms with E-state index in [-0.39, 0.29) is 44.2 Å². The molecular weight excluding hydrogens is 564 g/mol. The summed E-state index contributed by atoms with van der Waals surface area (Å²) in [4.78, 5) is 28.2. The number of hydrogen-bond donors (Lipinski definition) is 1. The molecule has 0 saturated heterocycles. The number of amides is 2. The molecule has 0 fully saturated rings. The zero-order valence-electron chi connectivity index (χ0n) is 21.6. The van der Waals surface area contributed by atoms with Crippen molar-refractivity contribution >= 4 is 50.7 Å². The first kappa shape index (κ1) is 30.4. The summed E-state index contributed by atoms with van der Waals surface area (Å²) in [6, 6.07) is 18.5. The topological polar surface area (TPSA) is 86.8 Å². The van der Waals surface area contributed by atoms with E-state index in [1.54, 1.807) is 18.2 Å².